The molecule has 2 N–H and O–H groups in total. The molecule has 0 saturated carbocycles. The Hall–Kier alpha value is -1.40. The molecule has 6 heteroatoms. The lowest BCUT2D eigenvalue weighted by Crippen LogP contribution is -2.34. The van der Waals surface area contributed by atoms with Gasteiger partial charge in [-0.3, -0.25) is 0 Å². The summed E-state index contributed by atoms with van der Waals surface area (Å²) in [6.07, 6.45) is 0.644. The summed E-state index contributed by atoms with van der Waals surface area (Å²) >= 11 is 0. The second kappa shape index (κ2) is 5.54. The van der Waals surface area contributed by atoms with E-state index in [-0.39, 0.29) is 6.04 Å². The molecule has 0 bridgehead atoms. The first-order chi connectivity index (χ1) is 9.33. The number of nitrogens with one attached hydrogen (secondary N) is 2. The van der Waals surface area contributed by atoms with Gasteiger partial charge in [-0.2, -0.15) is 0 Å². The minimum Gasteiger partial charge on any atom is -0.341 e. The molecule has 0 saturated heterocycles. The highest BCUT2D eigenvalue weighted by atomic mass is 32.2. The van der Waals surface area contributed by atoms with Crippen molar-refractivity contribution in [2.45, 2.75) is 45.4 Å². The Kier molecular flexibility index (Phi) is 4.15. The SMILES string of the molecule is CCC(NS(=O)(=O)C(C)C)c1nc2ccc(C)cc2[nH]1. The van der Waals surface area contributed by atoms with Crippen LogP contribution in [0.2, 0.25) is 0 Å². The lowest BCUT2D eigenvalue weighted by Gasteiger charge is -2.16. The van der Waals surface area contributed by atoms with E-state index in [9.17, 15) is 8.42 Å². The lowest BCUT2D eigenvalue weighted by molar-refractivity contribution is 0.533. The molecule has 1 unspecified atom stereocenters. The first kappa shape index (κ1) is 15.0. The van der Waals surface area contributed by atoms with Gasteiger partial charge in [0, 0.05) is 0 Å². The van der Waals surface area contributed by atoms with E-state index < -0.39 is 15.3 Å². The van der Waals surface area contributed by atoms with Crippen molar-refractivity contribution in [1.82, 2.24) is 14.7 Å². The Balaban J connectivity index is 2.35. The molecular formula is C14H21N3O2S. The van der Waals surface area contributed by atoms with E-state index in [1.807, 2.05) is 32.0 Å². The molecule has 1 aromatic carbocycles. The first-order valence-corrected chi connectivity index (χ1v) is 8.35. The van der Waals surface area contributed by atoms with Gasteiger partial charge in [0.2, 0.25) is 10.0 Å². The van der Waals surface area contributed by atoms with Crippen molar-refractivity contribution in [2.75, 3.05) is 0 Å². The number of H-pyrrole nitrogens is 1. The molecule has 0 amide bonds. The van der Waals surface area contributed by atoms with Crippen molar-refractivity contribution in [3.8, 4) is 0 Å². The fraction of sp³-hybridized carbons (Fsp3) is 0.500. The van der Waals surface area contributed by atoms with Gasteiger partial charge in [-0.25, -0.2) is 18.1 Å². The second-order valence-electron chi connectivity index (χ2n) is 5.32. The molecule has 2 aromatic rings. The molecule has 2 rings (SSSR count). The Morgan fingerprint density at radius 1 is 1.35 bits per heavy atom. The molecule has 1 heterocycles. The minimum atomic E-state index is -3.31. The van der Waals surface area contributed by atoms with E-state index >= 15 is 0 Å². The highest BCUT2D eigenvalue weighted by Crippen LogP contribution is 2.20. The van der Waals surface area contributed by atoms with Gasteiger partial charge in [0.05, 0.1) is 22.3 Å². The maximum absolute atomic E-state index is 12.0. The lowest BCUT2D eigenvalue weighted by atomic mass is 10.2. The molecule has 1 aromatic heterocycles. The molecule has 0 spiro atoms. The topological polar surface area (TPSA) is 74.8 Å². The Morgan fingerprint density at radius 2 is 2.05 bits per heavy atom. The van der Waals surface area contributed by atoms with E-state index in [0.29, 0.717) is 12.2 Å². The van der Waals surface area contributed by atoms with Crippen LogP contribution < -0.4 is 4.72 Å². The van der Waals surface area contributed by atoms with Crippen LogP contribution >= 0.6 is 0 Å². The van der Waals surface area contributed by atoms with Crippen molar-refractivity contribution in [3.05, 3.63) is 29.6 Å². The van der Waals surface area contributed by atoms with Gasteiger partial charge >= 0.3 is 0 Å². The standard InChI is InChI=1S/C14H21N3O2S/c1-5-11(17-20(18,19)9(2)3)14-15-12-7-6-10(4)8-13(12)16-14/h6-9,11,17H,5H2,1-4H3,(H,15,16). The molecule has 0 fully saturated rings. The number of fused-ring (bicyclic) bond motifs is 1. The molecule has 5 nitrogen and oxygen atoms in total. The Morgan fingerprint density at radius 3 is 2.65 bits per heavy atom. The van der Waals surface area contributed by atoms with Crippen LogP contribution in [0.3, 0.4) is 0 Å². The molecule has 1 atom stereocenters. The number of sulfonamides is 1. The van der Waals surface area contributed by atoms with Crippen LogP contribution in [0.15, 0.2) is 18.2 Å². The second-order valence-corrected chi connectivity index (χ2v) is 7.58. The highest BCUT2D eigenvalue weighted by Gasteiger charge is 2.23. The van der Waals surface area contributed by atoms with Crippen LogP contribution in [0.4, 0.5) is 0 Å². The number of aryl methyl sites for hydroxylation is 1. The molecule has 0 radical (unpaired) electrons. The Labute approximate surface area is 119 Å². The normalized spacial score (nSPS) is 14.1. The fourth-order valence-corrected chi connectivity index (χ4v) is 2.92. The maximum Gasteiger partial charge on any atom is 0.214 e. The van der Waals surface area contributed by atoms with E-state index in [0.717, 1.165) is 16.6 Å². The summed E-state index contributed by atoms with van der Waals surface area (Å²) < 4.78 is 26.7. The van der Waals surface area contributed by atoms with Gasteiger partial charge in [-0.05, 0) is 44.9 Å². The number of hydrogen-bond acceptors (Lipinski definition) is 3. The maximum atomic E-state index is 12.0. The van der Waals surface area contributed by atoms with E-state index in [4.69, 9.17) is 0 Å². The third kappa shape index (κ3) is 3.02. The number of rotatable bonds is 5. The summed E-state index contributed by atoms with van der Waals surface area (Å²) in [5.41, 5.74) is 2.93. The number of aromatic amines is 1. The quantitative estimate of drug-likeness (QED) is 0.890. The molecule has 110 valence electrons. The van der Waals surface area contributed by atoms with Crippen LogP contribution in [0, 0.1) is 6.92 Å². The fourth-order valence-electron chi connectivity index (χ4n) is 1.98. The summed E-state index contributed by atoms with van der Waals surface area (Å²) in [6.45, 7) is 7.28. The third-order valence-corrected chi connectivity index (χ3v) is 5.18. The summed E-state index contributed by atoms with van der Waals surface area (Å²) in [7, 11) is -3.31. The van der Waals surface area contributed by atoms with Crippen molar-refractivity contribution in [3.63, 3.8) is 0 Å². The third-order valence-electron chi connectivity index (χ3n) is 3.32. The van der Waals surface area contributed by atoms with E-state index in [1.54, 1.807) is 13.8 Å². The zero-order valence-corrected chi connectivity index (χ0v) is 13.1. The van der Waals surface area contributed by atoms with E-state index in [1.165, 1.54) is 0 Å². The summed E-state index contributed by atoms with van der Waals surface area (Å²) in [5, 5.41) is -0.455. The van der Waals surface area contributed by atoms with Crippen LogP contribution in [-0.2, 0) is 10.0 Å². The molecule has 20 heavy (non-hydrogen) atoms. The predicted octanol–water partition coefficient (Wildman–Crippen LogP) is 2.65. The zero-order chi connectivity index (χ0) is 14.9. The highest BCUT2D eigenvalue weighted by molar-refractivity contribution is 7.90. The number of aromatic nitrogens is 2. The average molecular weight is 295 g/mol. The van der Waals surface area contributed by atoms with Crippen molar-refractivity contribution >= 4 is 21.1 Å². The van der Waals surface area contributed by atoms with Gasteiger partial charge in [-0.1, -0.05) is 13.0 Å². The number of hydrogen-bond donors (Lipinski definition) is 2. The minimum absolute atomic E-state index is 0.324. The van der Waals surface area contributed by atoms with Crippen LogP contribution in [0.25, 0.3) is 11.0 Å². The Bertz CT molecular complexity index is 704. The zero-order valence-electron chi connectivity index (χ0n) is 12.3. The van der Waals surface area contributed by atoms with Gasteiger partial charge in [0.25, 0.3) is 0 Å². The number of nitrogens with zero attached hydrogens (tertiary/aromatic N) is 1. The number of benzene rings is 1. The van der Waals surface area contributed by atoms with Crippen molar-refractivity contribution in [2.24, 2.45) is 0 Å². The van der Waals surface area contributed by atoms with Crippen LogP contribution in [0.1, 0.15) is 44.6 Å². The smallest absolute Gasteiger partial charge is 0.214 e. The van der Waals surface area contributed by atoms with Gasteiger partial charge in [0.1, 0.15) is 5.82 Å². The van der Waals surface area contributed by atoms with Crippen molar-refractivity contribution < 1.29 is 8.42 Å². The van der Waals surface area contributed by atoms with Gasteiger partial charge < -0.3 is 4.98 Å². The van der Waals surface area contributed by atoms with E-state index in [2.05, 4.69) is 14.7 Å². The molecular weight excluding hydrogens is 274 g/mol. The van der Waals surface area contributed by atoms with Crippen LogP contribution in [0.5, 0.6) is 0 Å². The average Bonchev–Trinajstić information content (AvgIpc) is 2.78. The summed E-state index contributed by atoms with van der Waals surface area (Å²) in [6, 6.07) is 5.62. The molecule has 0 aliphatic carbocycles. The van der Waals surface area contributed by atoms with Crippen LogP contribution in [-0.4, -0.2) is 23.6 Å². The predicted molar refractivity (Wildman–Crippen MR) is 81.1 cm³/mol. The van der Waals surface area contributed by atoms with Gasteiger partial charge in [0.15, 0.2) is 0 Å². The number of imidazole rings is 1. The van der Waals surface area contributed by atoms with Gasteiger partial charge in [-0.15, -0.1) is 0 Å². The summed E-state index contributed by atoms with van der Waals surface area (Å²) in [5.74, 6) is 0.664. The van der Waals surface area contributed by atoms with Crippen molar-refractivity contribution in [1.29, 1.82) is 0 Å². The first-order valence-electron chi connectivity index (χ1n) is 6.81. The molecule has 0 aliphatic rings. The monoisotopic (exact) mass is 295 g/mol. The summed E-state index contributed by atoms with van der Waals surface area (Å²) in [4.78, 5) is 7.70. The largest absolute Gasteiger partial charge is 0.341 e. The molecule has 0 aliphatic heterocycles.